The number of unbranched alkanes of at least 4 members (excludes halogenated alkanes) is 3. The third-order valence-corrected chi connectivity index (χ3v) is 12.1. The van der Waals surface area contributed by atoms with Crippen molar-refractivity contribution >= 4 is 62.1 Å². The predicted octanol–water partition coefficient (Wildman–Crippen LogP) is 4.74. The number of aromatic nitrogens is 3. The second kappa shape index (κ2) is 16.4. The second-order valence-electron chi connectivity index (χ2n) is 15.0. The van der Waals surface area contributed by atoms with Gasteiger partial charge in [-0.05, 0) is 92.5 Å². The fraction of sp³-hybridized carbons (Fsp3) is 0.333. The van der Waals surface area contributed by atoms with Crippen LogP contribution in [0.15, 0.2) is 89.8 Å². The summed E-state index contributed by atoms with van der Waals surface area (Å²) in [6, 6.07) is 24.9. The SMILES string of the molecule is CS(=O)(=O)c1ccc(-c2cccc3nc(Nc4ccc(N5CCN(CCCCCCNc6ccc7c(c6)C(=O)N(C6CCC(=O)NC6=O)C7=O)CC5)cc4)nn23)cc1. The number of hydrogen-bond acceptors (Lipinski definition) is 12. The van der Waals surface area contributed by atoms with Crippen molar-refractivity contribution in [1.29, 1.82) is 0 Å². The summed E-state index contributed by atoms with van der Waals surface area (Å²) in [6.45, 7) is 5.73. The number of benzene rings is 3. The average Bonchev–Trinajstić information content (AvgIpc) is 3.74. The first-order valence-electron chi connectivity index (χ1n) is 19.6. The highest BCUT2D eigenvalue weighted by Gasteiger charge is 2.44. The monoisotopic (exact) mass is 803 g/mol. The minimum Gasteiger partial charge on any atom is -0.385 e. The van der Waals surface area contributed by atoms with Crippen LogP contribution in [0.4, 0.5) is 23.0 Å². The van der Waals surface area contributed by atoms with E-state index in [4.69, 9.17) is 0 Å². The van der Waals surface area contributed by atoms with E-state index < -0.39 is 39.5 Å². The lowest BCUT2D eigenvalue weighted by Crippen LogP contribution is -2.54. The summed E-state index contributed by atoms with van der Waals surface area (Å²) in [5.41, 5.74) is 5.68. The number of anilines is 4. The van der Waals surface area contributed by atoms with Crippen LogP contribution in [0.5, 0.6) is 0 Å². The van der Waals surface area contributed by atoms with Crippen molar-refractivity contribution < 1.29 is 27.6 Å². The number of hydrogen-bond donors (Lipinski definition) is 3. The van der Waals surface area contributed by atoms with E-state index in [1.807, 2.05) is 30.3 Å². The molecule has 0 spiro atoms. The third kappa shape index (κ3) is 8.29. The van der Waals surface area contributed by atoms with E-state index in [1.54, 1.807) is 47.0 Å². The highest BCUT2D eigenvalue weighted by molar-refractivity contribution is 7.90. The number of pyridine rings is 1. The minimum atomic E-state index is -3.28. The molecule has 5 heterocycles. The molecule has 3 N–H and O–H groups in total. The fourth-order valence-corrected chi connectivity index (χ4v) is 8.42. The second-order valence-corrected chi connectivity index (χ2v) is 17.0. The summed E-state index contributed by atoms with van der Waals surface area (Å²) in [5, 5.41) is 13.6. The molecule has 16 heteroatoms. The molecule has 0 saturated carbocycles. The zero-order valence-electron chi connectivity index (χ0n) is 32.2. The number of piperidine rings is 1. The molecule has 300 valence electrons. The van der Waals surface area contributed by atoms with Crippen LogP contribution in [0.2, 0.25) is 0 Å². The molecule has 2 saturated heterocycles. The molecule has 5 aromatic rings. The van der Waals surface area contributed by atoms with Crippen LogP contribution in [0.25, 0.3) is 16.9 Å². The lowest BCUT2D eigenvalue weighted by molar-refractivity contribution is -0.136. The van der Waals surface area contributed by atoms with Gasteiger partial charge in [0.15, 0.2) is 15.5 Å². The molecule has 2 fully saturated rings. The first-order valence-corrected chi connectivity index (χ1v) is 21.5. The van der Waals surface area contributed by atoms with Gasteiger partial charge in [-0.15, -0.1) is 5.10 Å². The van der Waals surface area contributed by atoms with Gasteiger partial charge in [0.1, 0.15) is 6.04 Å². The lowest BCUT2D eigenvalue weighted by atomic mass is 10.0. The Morgan fingerprint density at radius 2 is 1.52 bits per heavy atom. The molecule has 4 amide bonds. The maximum absolute atomic E-state index is 13.1. The van der Waals surface area contributed by atoms with Gasteiger partial charge in [0.2, 0.25) is 17.8 Å². The Morgan fingerprint density at radius 1 is 0.793 bits per heavy atom. The van der Waals surface area contributed by atoms with E-state index >= 15 is 0 Å². The Kier molecular flexibility index (Phi) is 10.9. The van der Waals surface area contributed by atoms with Crippen molar-refractivity contribution in [2.75, 3.05) is 61.1 Å². The van der Waals surface area contributed by atoms with Crippen LogP contribution in [-0.2, 0) is 19.4 Å². The number of sulfone groups is 1. The standard InChI is InChI=1S/C42H45N9O6S/c1-58(56,57)32-16-9-28(10-17-32)35-7-6-8-37-45-42(47-51(35)37)44-29-11-14-31(15-12-29)49-25-23-48(24-26-49)22-5-3-2-4-21-43-30-13-18-33-34(27-30)41(55)50(40(33)54)36-19-20-38(52)46-39(36)53/h6-18,27,36,43H,2-5,19-26H2,1H3,(H,44,47)(H,46,52,53). The van der Waals surface area contributed by atoms with Crippen molar-refractivity contribution in [3.8, 4) is 11.3 Å². The molecular weight excluding hydrogens is 759 g/mol. The summed E-state index contributed by atoms with van der Waals surface area (Å²) >= 11 is 0. The summed E-state index contributed by atoms with van der Waals surface area (Å²) in [7, 11) is -3.28. The average molecular weight is 804 g/mol. The topological polar surface area (TPSA) is 178 Å². The third-order valence-electron chi connectivity index (χ3n) is 11.0. The van der Waals surface area contributed by atoms with Gasteiger partial charge < -0.3 is 15.5 Å². The van der Waals surface area contributed by atoms with E-state index in [9.17, 15) is 27.6 Å². The quantitative estimate of drug-likeness (QED) is 0.104. The van der Waals surface area contributed by atoms with Gasteiger partial charge in [0, 0.05) is 68.0 Å². The summed E-state index contributed by atoms with van der Waals surface area (Å²) in [6.07, 6.45) is 5.72. The molecule has 0 radical (unpaired) electrons. The maximum Gasteiger partial charge on any atom is 0.262 e. The molecule has 15 nitrogen and oxygen atoms in total. The number of nitrogens with zero attached hydrogens (tertiary/aromatic N) is 6. The zero-order chi connectivity index (χ0) is 40.4. The molecule has 2 aromatic heterocycles. The van der Waals surface area contributed by atoms with E-state index in [0.29, 0.717) is 11.6 Å². The minimum absolute atomic E-state index is 0.0919. The first kappa shape index (κ1) is 38.7. The van der Waals surface area contributed by atoms with Crippen molar-refractivity contribution in [2.24, 2.45) is 0 Å². The van der Waals surface area contributed by atoms with Gasteiger partial charge in [-0.2, -0.15) is 4.98 Å². The number of imide groups is 2. The van der Waals surface area contributed by atoms with E-state index in [1.165, 1.54) is 11.9 Å². The number of carbonyl (C=O) groups excluding carboxylic acids is 4. The molecule has 58 heavy (non-hydrogen) atoms. The number of rotatable bonds is 14. The van der Waals surface area contributed by atoms with E-state index in [-0.39, 0.29) is 28.9 Å². The van der Waals surface area contributed by atoms with Crippen LogP contribution in [0.1, 0.15) is 59.2 Å². The van der Waals surface area contributed by atoms with Crippen LogP contribution < -0.4 is 20.9 Å². The molecular formula is C42H45N9O6S. The Morgan fingerprint density at radius 3 is 2.26 bits per heavy atom. The number of fused-ring (bicyclic) bond motifs is 2. The van der Waals surface area contributed by atoms with Crippen LogP contribution in [0, 0.1) is 0 Å². The molecule has 0 aliphatic carbocycles. The van der Waals surface area contributed by atoms with Crippen LogP contribution in [0.3, 0.4) is 0 Å². The van der Waals surface area contributed by atoms with Gasteiger partial charge in [-0.25, -0.2) is 12.9 Å². The van der Waals surface area contributed by atoms with Gasteiger partial charge in [0.25, 0.3) is 11.8 Å². The van der Waals surface area contributed by atoms with Crippen molar-refractivity contribution in [1.82, 2.24) is 29.7 Å². The largest absolute Gasteiger partial charge is 0.385 e. The molecule has 3 aliphatic rings. The molecule has 8 rings (SSSR count). The van der Waals surface area contributed by atoms with Crippen molar-refractivity contribution in [2.45, 2.75) is 49.5 Å². The highest BCUT2D eigenvalue weighted by atomic mass is 32.2. The lowest BCUT2D eigenvalue weighted by Gasteiger charge is -2.36. The predicted molar refractivity (Wildman–Crippen MR) is 220 cm³/mol. The van der Waals surface area contributed by atoms with Crippen molar-refractivity contribution in [3.05, 3.63) is 96.1 Å². The van der Waals surface area contributed by atoms with E-state index in [2.05, 4.69) is 48.0 Å². The fourth-order valence-electron chi connectivity index (χ4n) is 7.79. The Hall–Kier alpha value is -6.13. The molecule has 1 unspecified atom stereocenters. The summed E-state index contributed by atoms with van der Waals surface area (Å²) in [4.78, 5) is 60.7. The number of amides is 4. The van der Waals surface area contributed by atoms with Gasteiger partial charge in [-0.3, -0.25) is 34.3 Å². The Bertz CT molecular complexity index is 2480. The maximum atomic E-state index is 13.1. The number of nitrogens with one attached hydrogen (secondary N) is 3. The van der Waals surface area contributed by atoms with Gasteiger partial charge in [-0.1, -0.05) is 31.0 Å². The molecule has 3 aromatic carbocycles. The molecule has 1 atom stereocenters. The van der Waals surface area contributed by atoms with Gasteiger partial charge >= 0.3 is 0 Å². The first-order chi connectivity index (χ1) is 28.0. The summed E-state index contributed by atoms with van der Waals surface area (Å²) < 4.78 is 25.5. The van der Waals surface area contributed by atoms with Crippen molar-refractivity contribution in [3.63, 3.8) is 0 Å². The van der Waals surface area contributed by atoms with Crippen LogP contribution in [-0.4, -0.2) is 108 Å². The number of carbonyl (C=O) groups is 4. The zero-order valence-corrected chi connectivity index (χ0v) is 33.0. The Balaban J connectivity index is 0.742. The van der Waals surface area contributed by atoms with Crippen LogP contribution >= 0.6 is 0 Å². The Labute approximate surface area is 336 Å². The molecule has 3 aliphatic heterocycles. The molecule has 0 bridgehead atoms. The van der Waals surface area contributed by atoms with Gasteiger partial charge in [0.05, 0.1) is 21.7 Å². The highest BCUT2D eigenvalue weighted by Crippen LogP contribution is 2.30. The smallest absolute Gasteiger partial charge is 0.262 e. The van der Waals surface area contributed by atoms with E-state index in [0.717, 1.165) is 92.5 Å². The number of piperazine rings is 1. The normalized spacial score (nSPS) is 17.5. The summed E-state index contributed by atoms with van der Waals surface area (Å²) in [5.74, 6) is -1.54.